The molecule has 6 nitrogen and oxygen atoms in total. The van der Waals surface area contributed by atoms with Gasteiger partial charge in [-0.2, -0.15) is 4.39 Å². The minimum absolute atomic E-state index is 0.289. The zero-order chi connectivity index (χ0) is 18.7. The minimum Gasteiger partial charge on any atom is -0.280 e. The van der Waals surface area contributed by atoms with Crippen LogP contribution < -0.4 is 4.72 Å². The molecule has 0 radical (unpaired) electrons. The number of hydrogen-bond donors (Lipinski definition) is 1. The lowest BCUT2D eigenvalue weighted by Gasteiger charge is -2.09. The summed E-state index contributed by atoms with van der Waals surface area (Å²) in [6.07, 6.45) is 0. The smallest absolute Gasteiger partial charge is 0.280 e. The summed E-state index contributed by atoms with van der Waals surface area (Å²) in [7, 11) is -4.08. The first kappa shape index (κ1) is 17.6. The van der Waals surface area contributed by atoms with E-state index >= 15 is 0 Å². The van der Waals surface area contributed by atoms with Crippen LogP contribution in [-0.4, -0.2) is 13.3 Å². The Morgan fingerprint density at radius 2 is 1.50 bits per heavy atom. The highest BCUT2D eigenvalue weighted by molar-refractivity contribution is 7.92. The summed E-state index contributed by atoms with van der Waals surface area (Å²) in [5.74, 6) is -1.10. The largest absolute Gasteiger partial charge is 0.306 e. The zero-order valence-electron chi connectivity index (χ0n) is 13.3. The van der Waals surface area contributed by atoms with Gasteiger partial charge < -0.3 is 0 Å². The van der Waals surface area contributed by atoms with E-state index in [0.29, 0.717) is 6.07 Å². The normalized spacial score (nSPS) is 11.1. The van der Waals surface area contributed by atoms with Crippen molar-refractivity contribution < 1.29 is 17.7 Å². The van der Waals surface area contributed by atoms with Gasteiger partial charge in [0.05, 0.1) is 9.82 Å². The van der Waals surface area contributed by atoms with Gasteiger partial charge in [-0.25, -0.2) is 8.42 Å². The van der Waals surface area contributed by atoms with Gasteiger partial charge in [0.2, 0.25) is 5.82 Å². The van der Waals surface area contributed by atoms with Gasteiger partial charge >= 0.3 is 5.69 Å². The van der Waals surface area contributed by atoms with E-state index in [1.54, 1.807) is 24.3 Å². The number of nitro groups is 1. The zero-order valence-corrected chi connectivity index (χ0v) is 14.1. The maximum Gasteiger partial charge on any atom is 0.306 e. The topological polar surface area (TPSA) is 89.3 Å². The summed E-state index contributed by atoms with van der Waals surface area (Å²) >= 11 is 0. The van der Waals surface area contributed by atoms with Crippen LogP contribution >= 0.6 is 0 Å². The molecule has 0 fully saturated rings. The summed E-state index contributed by atoms with van der Waals surface area (Å²) in [6, 6.07) is 18.6. The summed E-state index contributed by atoms with van der Waals surface area (Å²) in [6.45, 7) is 0. The van der Waals surface area contributed by atoms with E-state index in [9.17, 15) is 22.9 Å². The maximum absolute atomic E-state index is 13.4. The third-order valence-electron chi connectivity index (χ3n) is 3.67. The molecule has 0 atom stereocenters. The Balaban J connectivity index is 1.86. The van der Waals surface area contributed by atoms with Crippen molar-refractivity contribution in [3.63, 3.8) is 0 Å². The highest BCUT2D eigenvalue weighted by Gasteiger charge is 2.21. The van der Waals surface area contributed by atoms with Gasteiger partial charge in [-0.3, -0.25) is 14.8 Å². The van der Waals surface area contributed by atoms with Gasteiger partial charge in [0, 0.05) is 11.8 Å². The van der Waals surface area contributed by atoms with E-state index in [2.05, 4.69) is 4.72 Å². The van der Waals surface area contributed by atoms with Crippen molar-refractivity contribution in [2.75, 3.05) is 4.72 Å². The lowest BCUT2D eigenvalue weighted by molar-refractivity contribution is -0.387. The molecule has 132 valence electrons. The van der Waals surface area contributed by atoms with Crippen molar-refractivity contribution in [1.82, 2.24) is 0 Å². The Kier molecular flexibility index (Phi) is 4.68. The van der Waals surface area contributed by atoms with Crippen LogP contribution in [0.15, 0.2) is 77.7 Å². The lowest BCUT2D eigenvalue weighted by atomic mass is 10.1. The van der Waals surface area contributed by atoms with E-state index in [1.165, 1.54) is 0 Å². The first-order chi connectivity index (χ1) is 12.4. The van der Waals surface area contributed by atoms with Crippen LogP contribution in [0, 0.1) is 15.9 Å². The Hall–Kier alpha value is -3.26. The summed E-state index contributed by atoms with van der Waals surface area (Å²) in [4.78, 5) is 9.42. The second kappa shape index (κ2) is 6.93. The average molecular weight is 372 g/mol. The molecule has 0 spiro atoms. The average Bonchev–Trinajstić information content (AvgIpc) is 2.62. The van der Waals surface area contributed by atoms with E-state index in [0.717, 1.165) is 23.3 Å². The van der Waals surface area contributed by atoms with Crippen LogP contribution in [0.2, 0.25) is 0 Å². The van der Waals surface area contributed by atoms with Crippen molar-refractivity contribution in [3.05, 3.63) is 88.7 Å². The van der Waals surface area contributed by atoms with Crippen molar-refractivity contribution in [3.8, 4) is 11.1 Å². The molecule has 0 aromatic heterocycles. The molecule has 0 aliphatic heterocycles. The Labute approximate surface area is 149 Å². The fourth-order valence-corrected chi connectivity index (χ4v) is 3.45. The molecule has 3 rings (SSSR count). The lowest BCUT2D eigenvalue weighted by Crippen LogP contribution is -2.13. The van der Waals surface area contributed by atoms with E-state index in [1.807, 2.05) is 30.3 Å². The van der Waals surface area contributed by atoms with Crippen molar-refractivity contribution in [2.45, 2.75) is 4.90 Å². The maximum atomic E-state index is 13.4. The van der Waals surface area contributed by atoms with Crippen LogP contribution in [0.3, 0.4) is 0 Å². The predicted molar refractivity (Wildman–Crippen MR) is 95.7 cm³/mol. The SMILES string of the molecule is O=[N+]([O-])c1cc(S(=O)(=O)Nc2ccc(-c3ccccc3)cc2)ccc1F. The fourth-order valence-electron chi connectivity index (χ4n) is 2.37. The van der Waals surface area contributed by atoms with Gasteiger partial charge in [0.15, 0.2) is 0 Å². The van der Waals surface area contributed by atoms with Crippen LogP contribution in [0.25, 0.3) is 11.1 Å². The third kappa shape index (κ3) is 3.70. The van der Waals surface area contributed by atoms with E-state index in [4.69, 9.17) is 0 Å². The van der Waals surface area contributed by atoms with E-state index < -0.39 is 31.3 Å². The monoisotopic (exact) mass is 372 g/mol. The molecule has 0 unspecified atom stereocenters. The molecule has 3 aromatic carbocycles. The van der Waals surface area contributed by atoms with Crippen molar-refractivity contribution >= 4 is 21.4 Å². The van der Waals surface area contributed by atoms with Crippen LogP contribution in [0.4, 0.5) is 15.8 Å². The van der Waals surface area contributed by atoms with Gasteiger partial charge in [0.1, 0.15) is 0 Å². The standard InChI is InChI=1S/C18H13FN2O4S/c19-17-11-10-16(12-18(17)21(22)23)26(24,25)20-15-8-6-14(7-9-15)13-4-2-1-3-5-13/h1-12,20H. The predicted octanol–water partition coefficient (Wildman–Crippen LogP) is 4.20. The summed E-state index contributed by atoms with van der Waals surface area (Å²) < 4.78 is 40.5. The molecule has 0 saturated heterocycles. The number of sulfonamides is 1. The van der Waals surface area contributed by atoms with Gasteiger partial charge in [-0.05, 0) is 35.4 Å². The number of halogens is 1. The number of rotatable bonds is 5. The number of nitrogens with one attached hydrogen (secondary N) is 1. The van der Waals surface area contributed by atoms with Gasteiger partial charge in [-0.15, -0.1) is 0 Å². The Bertz CT molecular complexity index is 1050. The molecule has 3 aromatic rings. The molecule has 26 heavy (non-hydrogen) atoms. The van der Waals surface area contributed by atoms with Crippen molar-refractivity contribution in [1.29, 1.82) is 0 Å². The minimum atomic E-state index is -4.08. The summed E-state index contributed by atoms with van der Waals surface area (Å²) in [5.41, 5.74) is 1.28. The van der Waals surface area contributed by atoms with Crippen LogP contribution in [0.5, 0.6) is 0 Å². The first-order valence-electron chi connectivity index (χ1n) is 7.49. The quantitative estimate of drug-likeness (QED) is 0.537. The molecule has 0 bridgehead atoms. The molecule has 0 saturated carbocycles. The molecule has 0 aliphatic rings. The molecule has 8 heteroatoms. The molecule has 0 heterocycles. The Morgan fingerprint density at radius 1 is 0.885 bits per heavy atom. The summed E-state index contributed by atoms with van der Waals surface area (Å²) in [5, 5.41) is 10.8. The highest BCUT2D eigenvalue weighted by atomic mass is 32.2. The molecular weight excluding hydrogens is 359 g/mol. The number of nitrogens with zero attached hydrogens (tertiary/aromatic N) is 1. The molecular formula is C18H13FN2O4S. The molecule has 1 N–H and O–H groups in total. The number of hydrogen-bond acceptors (Lipinski definition) is 4. The second-order valence-corrected chi connectivity index (χ2v) is 7.10. The molecule has 0 amide bonds. The van der Waals surface area contributed by atoms with Gasteiger partial charge in [0.25, 0.3) is 10.0 Å². The molecule has 0 aliphatic carbocycles. The number of anilines is 1. The van der Waals surface area contributed by atoms with Gasteiger partial charge in [-0.1, -0.05) is 42.5 Å². The highest BCUT2D eigenvalue weighted by Crippen LogP contribution is 2.25. The fraction of sp³-hybridized carbons (Fsp3) is 0. The first-order valence-corrected chi connectivity index (χ1v) is 8.97. The van der Waals surface area contributed by atoms with E-state index in [-0.39, 0.29) is 5.69 Å². The Morgan fingerprint density at radius 3 is 2.12 bits per heavy atom. The third-order valence-corrected chi connectivity index (χ3v) is 5.05. The number of benzene rings is 3. The number of nitro benzene ring substituents is 1. The van der Waals surface area contributed by atoms with Crippen LogP contribution in [-0.2, 0) is 10.0 Å². The van der Waals surface area contributed by atoms with Crippen molar-refractivity contribution in [2.24, 2.45) is 0 Å². The van der Waals surface area contributed by atoms with Crippen LogP contribution in [0.1, 0.15) is 0 Å². The second-order valence-electron chi connectivity index (χ2n) is 5.42.